The Morgan fingerprint density at radius 1 is 1.00 bits per heavy atom. The molecule has 3 aromatic rings. The number of nitrogens with one attached hydrogen (secondary N) is 2. The minimum absolute atomic E-state index is 0.181. The lowest BCUT2D eigenvalue weighted by molar-refractivity contribution is 0.0963. The largest absolute Gasteiger partial charge is 0.357 e. The van der Waals surface area contributed by atoms with E-state index in [4.69, 9.17) is 0 Å². The maximum atomic E-state index is 12.1. The first-order valence-electron chi connectivity index (χ1n) is 8.10. The number of hydrogen-bond donors (Lipinski definition) is 2. The van der Waals surface area contributed by atoms with E-state index in [1.165, 1.54) is 0 Å². The Labute approximate surface area is 147 Å². The molecular weight excluding hydrogens is 312 g/mol. The quantitative estimate of drug-likeness (QED) is 0.752. The summed E-state index contributed by atoms with van der Waals surface area (Å²) in [5.74, 6) is 0.346. The van der Waals surface area contributed by atoms with E-state index < -0.39 is 0 Å². The Kier molecular flexibility index (Phi) is 5.04. The SMILES string of the molecule is CNC(=O)c1cccnc1NC(c1cccc(C)c1)c1ccccn1. The number of nitrogens with zero attached hydrogens (tertiary/aromatic N) is 2. The third-order valence-corrected chi connectivity index (χ3v) is 3.92. The second-order valence-electron chi connectivity index (χ2n) is 5.72. The van der Waals surface area contributed by atoms with Crippen molar-refractivity contribution >= 4 is 11.7 Å². The highest BCUT2D eigenvalue weighted by atomic mass is 16.1. The van der Waals surface area contributed by atoms with E-state index in [2.05, 4.69) is 39.7 Å². The Bertz CT molecular complexity index is 864. The molecule has 0 aliphatic carbocycles. The smallest absolute Gasteiger partial charge is 0.254 e. The molecule has 0 aliphatic heterocycles. The van der Waals surface area contributed by atoms with Crippen LogP contribution in [0.2, 0.25) is 0 Å². The number of rotatable bonds is 5. The van der Waals surface area contributed by atoms with Gasteiger partial charge in [-0.3, -0.25) is 9.78 Å². The summed E-state index contributed by atoms with van der Waals surface area (Å²) < 4.78 is 0. The highest BCUT2D eigenvalue weighted by molar-refractivity contribution is 5.98. The van der Waals surface area contributed by atoms with Crippen molar-refractivity contribution in [1.82, 2.24) is 15.3 Å². The fourth-order valence-electron chi connectivity index (χ4n) is 2.70. The normalized spacial score (nSPS) is 11.6. The van der Waals surface area contributed by atoms with E-state index in [1.807, 2.05) is 30.3 Å². The zero-order chi connectivity index (χ0) is 17.6. The van der Waals surface area contributed by atoms with E-state index in [1.54, 1.807) is 31.6 Å². The summed E-state index contributed by atoms with van der Waals surface area (Å²) in [7, 11) is 1.61. The van der Waals surface area contributed by atoms with Crippen LogP contribution in [0.1, 0.15) is 33.2 Å². The van der Waals surface area contributed by atoms with Crippen molar-refractivity contribution in [3.63, 3.8) is 0 Å². The molecule has 1 atom stereocenters. The monoisotopic (exact) mass is 332 g/mol. The van der Waals surface area contributed by atoms with E-state index in [9.17, 15) is 4.79 Å². The van der Waals surface area contributed by atoms with Gasteiger partial charge < -0.3 is 10.6 Å². The standard InChI is InChI=1S/C20H20N4O/c1-14-7-5-8-15(13-14)18(17-10-3-4-11-22-17)24-19-16(20(25)21-2)9-6-12-23-19/h3-13,18H,1-2H3,(H,21,25)(H,23,24). The summed E-state index contributed by atoms with van der Waals surface area (Å²) in [6.45, 7) is 2.05. The second kappa shape index (κ2) is 7.57. The van der Waals surface area contributed by atoms with E-state index in [0.717, 1.165) is 16.8 Å². The molecule has 0 radical (unpaired) electrons. The maximum absolute atomic E-state index is 12.1. The molecule has 5 heteroatoms. The Balaban J connectivity index is 2.04. The number of aromatic nitrogens is 2. The van der Waals surface area contributed by atoms with Crippen molar-refractivity contribution < 1.29 is 4.79 Å². The van der Waals surface area contributed by atoms with Gasteiger partial charge in [-0.15, -0.1) is 0 Å². The molecule has 3 rings (SSSR count). The van der Waals surface area contributed by atoms with Gasteiger partial charge in [0.1, 0.15) is 5.82 Å². The number of pyridine rings is 2. The van der Waals surface area contributed by atoms with Crippen LogP contribution in [-0.4, -0.2) is 22.9 Å². The molecule has 2 N–H and O–H groups in total. The molecule has 1 aromatic carbocycles. The van der Waals surface area contributed by atoms with Crippen molar-refractivity contribution in [2.45, 2.75) is 13.0 Å². The van der Waals surface area contributed by atoms with Gasteiger partial charge in [-0.05, 0) is 36.8 Å². The van der Waals surface area contributed by atoms with Crippen LogP contribution >= 0.6 is 0 Å². The Hall–Kier alpha value is -3.21. The summed E-state index contributed by atoms with van der Waals surface area (Å²) in [6.07, 6.45) is 3.43. The minimum Gasteiger partial charge on any atom is -0.357 e. The number of aryl methyl sites for hydroxylation is 1. The molecule has 2 heterocycles. The lowest BCUT2D eigenvalue weighted by atomic mass is 10.0. The van der Waals surface area contributed by atoms with Crippen molar-refractivity contribution in [2.24, 2.45) is 0 Å². The summed E-state index contributed by atoms with van der Waals surface area (Å²) in [5.41, 5.74) is 3.58. The fraction of sp³-hybridized carbons (Fsp3) is 0.150. The fourth-order valence-corrected chi connectivity index (χ4v) is 2.70. The van der Waals surface area contributed by atoms with Gasteiger partial charge in [0.25, 0.3) is 5.91 Å². The maximum Gasteiger partial charge on any atom is 0.254 e. The van der Waals surface area contributed by atoms with Crippen molar-refractivity contribution in [3.8, 4) is 0 Å². The number of hydrogen-bond acceptors (Lipinski definition) is 4. The lowest BCUT2D eigenvalue weighted by Crippen LogP contribution is -2.22. The molecule has 0 bridgehead atoms. The molecule has 1 unspecified atom stereocenters. The van der Waals surface area contributed by atoms with Crippen LogP contribution in [0.25, 0.3) is 0 Å². The first-order chi connectivity index (χ1) is 12.2. The summed E-state index contributed by atoms with van der Waals surface area (Å²) in [5, 5.41) is 6.04. The molecule has 126 valence electrons. The molecule has 0 saturated carbocycles. The third kappa shape index (κ3) is 3.83. The number of amides is 1. The second-order valence-corrected chi connectivity index (χ2v) is 5.72. The number of anilines is 1. The molecule has 0 spiro atoms. The van der Waals surface area contributed by atoms with Gasteiger partial charge in [-0.25, -0.2) is 4.98 Å². The van der Waals surface area contributed by atoms with Crippen LogP contribution in [0, 0.1) is 6.92 Å². The molecule has 0 fully saturated rings. The van der Waals surface area contributed by atoms with Crippen molar-refractivity contribution in [3.05, 3.63) is 89.4 Å². The zero-order valence-electron chi connectivity index (χ0n) is 14.2. The number of carbonyl (C=O) groups is 1. The van der Waals surface area contributed by atoms with E-state index in [-0.39, 0.29) is 11.9 Å². The zero-order valence-corrected chi connectivity index (χ0v) is 14.2. The molecule has 2 aromatic heterocycles. The Morgan fingerprint density at radius 3 is 2.56 bits per heavy atom. The van der Waals surface area contributed by atoms with E-state index in [0.29, 0.717) is 11.4 Å². The Morgan fingerprint density at radius 2 is 1.84 bits per heavy atom. The predicted molar refractivity (Wildman–Crippen MR) is 98.5 cm³/mol. The van der Waals surface area contributed by atoms with Crippen molar-refractivity contribution in [1.29, 1.82) is 0 Å². The van der Waals surface area contributed by atoms with Crippen LogP contribution in [0.15, 0.2) is 67.0 Å². The van der Waals surface area contributed by atoms with Gasteiger partial charge in [-0.2, -0.15) is 0 Å². The van der Waals surface area contributed by atoms with Gasteiger partial charge in [0.05, 0.1) is 17.3 Å². The summed E-state index contributed by atoms with van der Waals surface area (Å²) >= 11 is 0. The molecule has 1 amide bonds. The van der Waals surface area contributed by atoms with Gasteiger partial charge >= 0.3 is 0 Å². The van der Waals surface area contributed by atoms with Crippen LogP contribution in [0.5, 0.6) is 0 Å². The van der Waals surface area contributed by atoms with Gasteiger partial charge in [0.2, 0.25) is 0 Å². The molecular formula is C20H20N4O. The highest BCUT2D eigenvalue weighted by Gasteiger charge is 2.19. The van der Waals surface area contributed by atoms with Crippen LogP contribution < -0.4 is 10.6 Å². The highest BCUT2D eigenvalue weighted by Crippen LogP contribution is 2.26. The first-order valence-corrected chi connectivity index (χ1v) is 8.10. The topological polar surface area (TPSA) is 66.9 Å². The number of carbonyl (C=O) groups excluding carboxylic acids is 1. The van der Waals surface area contributed by atoms with Gasteiger partial charge in [0, 0.05) is 19.4 Å². The average Bonchev–Trinajstić information content (AvgIpc) is 2.66. The third-order valence-electron chi connectivity index (χ3n) is 3.92. The van der Waals surface area contributed by atoms with Crippen LogP contribution in [-0.2, 0) is 0 Å². The summed E-state index contributed by atoms with van der Waals surface area (Å²) in [6, 6.07) is 17.3. The summed E-state index contributed by atoms with van der Waals surface area (Å²) in [4.78, 5) is 21.0. The van der Waals surface area contributed by atoms with Gasteiger partial charge in [0.15, 0.2) is 0 Å². The van der Waals surface area contributed by atoms with E-state index >= 15 is 0 Å². The van der Waals surface area contributed by atoms with Gasteiger partial charge in [-0.1, -0.05) is 35.9 Å². The van der Waals surface area contributed by atoms with Crippen LogP contribution in [0.4, 0.5) is 5.82 Å². The van der Waals surface area contributed by atoms with Crippen molar-refractivity contribution in [2.75, 3.05) is 12.4 Å². The molecule has 0 aliphatic rings. The lowest BCUT2D eigenvalue weighted by Gasteiger charge is -2.21. The molecule has 25 heavy (non-hydrogen) atoms. The molecule has 0 saturated heterocycles. The first kappa shape index (κ1) is 16.6. The average molecular weight is 332 g/mol. The predicted octanol–water partition coefficient (Wildman–Crippen LogP) is 3.35. The number of benzene rings is 1. The van der Waals surface area contributed by atoms with Crippen LogP contribution in [0.3, 0.4) is 0 Å². The minimum atomic E-state index is -0.209. The molecule has 5 nitrogen and oxygen atoms in total.